The summed E-state index contributed by atoms with van der Waals surface area (Å²) in [6, 6.07) is 0. The lowest BCUT2D eigenvalue weighted by Crippen LogP contribution is -2.19. The number of hydrogen-bond acceptors (Lipinski definition) is 3. The van der Waals surface area contributed by atoms with Crippen LogP contribution in [0.2, 0.25) is 0 Å². The van der Waals surface area contributed by atoms with Crippen molar-refractivity contribution in [3.8, 4) is 0 Å². The van der Waals surface area contributed by atoms with Gasteiger partial charge in [0.2, 0.25) is 0 Å². The maximum Gasteiger partial charge on any atom is 0.273 e. The molecule has 1 unspecified atom stereocenters. The van der Waals surface area contributed by atoms with Crippen molar-refractivity contribution in [1.82, 2.24) is 5.32 Å². The molecule has 2 aliphatic rings. The fourth-order valence-corrected chi connectivity index (χ4v) is 1.49. The van der Waals surface area contributed by atoms with Crippen LogP contribution in [0.1, 0.15) is 6.42 Å². The standard InChI is InChI=1S/C8H8N2O2/c11-8-7(10-12)5-3-1-2-4-6(5)9-8/h1-2,4-5,12H,3H2,(H,9,11). The van der Waals surface area contributed by atoms with E-state index in [1.165, 1.54) is 0 Å². The van der Waals surface area contributed by atoms with Crippen molar-refractivity contribution in [2.75, 3.05) is 0 Å². The predicted octanol–water partition coefficient (Wildman–Crippen LogP) is 0.406. The Bertz CT molecular complexity index is 315. The molecule has 4 nitrogen and oxygen atoms in total. The number of nitrogens with zero attached hydrogens (tertiary/aromatic N) is 1. The molecule has 1 heterocycles. The van der Waals surface area contributed by atoms with Crippen LogP contribution >= 0.6 is 0 Å². The average molecular weight is 164 g/mol. The summed E-state index contributed by atoms with van der Waals surface area (Å²) < 4.78 is 0. The number of hydrogen-bond donors (Lipinski definition) is 2. The topological polar surface area (TPSA) is 61.7 Å². The molecule has 0 spiro atoms. The fourth-order valence-electron chi connectivity index (χ4n) is 1.49. The van der Waals surface area contributed by atoms with Crippen LogP contribution < -0.4 is 5.32 Å². The Hall–Kier alpha value is -1.58. The van der Waals surface area contributed by atoms with Crippen LogP contribution in [0.5, 0.6) is 0 Å². The van der Waals surface area contributed by atoms with Gasteiger partial charge in [0, 0.05) is 5.70 Å². The molecule has 0 bridgehead atoms. The van der Waals surface area contributed by atoms with Crippen molar-refractivity contribution in [1.29, 1.82) is 0 Å². The Balaban J connectivity index is 2.38. The van der Waals surface area contributed by atoms with Crippen LogP contribution in [0.3, 0.4) is 0 Å². The lowest BCUT2D eigenvalue weighted by molar-refractivity contribution is -0.113. The zero-order chi connectivity index (χ0) is 8.55. The summed E-state index contributed by atoms with van der Waals surface area (Å²) in [4.78, 5) is 11.1. The number of carbonyl (C=O) groups excluding carboxylic acids is 1. The van der Waals surface area contributed by atoms with E-state index in [0.29, 0.717) is 0 Å². The van der Waals surface area contributed by atoms with Crippen molar-refractivity contribution in [3.05, 3.63) is 23.9 Å². The molecule has 4 heteroatoms. The van der Waals surface area contributed by atoms with Crippen LogP contribution in [0, 0.1) is 5.92 Å². The first-order valence-electron chi connectivity index (χ1n) is 3.73. The van der Waals surface area contributed by atoms with Crippen molar-refractivity contribution in [2.45, 2.75) is 6.42 Å². The number of rotatable bonds is 0. The van der Waals surface area contributed by atoms with Crippen molar-refractivity contribution >= 4 is 11.6 Å². The van der Waals surface area contributed by atoms with E-state index in [9.17, 15) is 4.79 Å². The molecular formula is C8H8N2O2. The van der Waals surface area contributed by atoms with E-state index in [2.05, 4.69) is 10.5 Å². The van der Waals surface area contributed by atoms with E-state index in [-0.39, 0.29) is 17.5 Å². The Kier molecular flexibility index (Phi) is 1.46. The highest BCUT2D eigenvalue weighted by molar-refractivity contribution is 6.43. The van der Waals surface area contributed by atoms with Gasteiger partial charge in [0.1, 0.15) is 0 Å². The molecule has 12 heavy (non-hydrogen) atoms. The first kappa shape index (κ1) is 7.09. The zero-order valence-corrected chi connectivity index (χ0v) is 6.32. The van der Waals surface area contributed by atoms with E-state index in [1.54, 1.807) is 0 Å². The van der Waals surface area contributed by atoms with E-state index in [1.807, 2.05) is 18.2 Å². The van der Waals surface area contributed by atoms with Gasteiger partial charge in [0.05, 0.1) is 5.92 Å². The molecule has 1 aliphatic heterocycles. The van der Waals surface area contributed by atoms with Gasteiger partial charge in [0.25, 0.3) is 5.91 Å². The van der Waals surface area contributed by atoms with Gasteiger partial charge in [-0.05, 0) is 12.5 Å². The highest BCUT2D eigenvalue weighted by atomic mass is 16.4. The first-order chi connectivity index (χ1) is 5.83. The molecule has 0 saturated carbocycles. The van der Waals surface area contributed by atoms with Gasteiger partial charge < -0.3 is 10.5 Å². The Morgan fingerprint density at radius 2 is 2.50 bits per heavy atom. The minimum absolute atomic E-state index is 0.0625. The van der Waals surface area contributed by atoms with Gasteiger partial charge in [-0.15, -0.1) is 0 Å². The second-order valence-electron chi connectivity index (χ2n) is 2.78. The quantitative estimate of drug-likeness (QED) is 0.402. The number of oxime groups is 1. The smallest absolute Gasteiger partial charge is 0.273 e. The van der Waals surface area contributed by atoms with E-state index >= 15 is 0 Å². The molecule has 2 N–H and O–H groups in total. The summed E-state index contributed by atoms with van der Waals surface area (Å²) in [5, 5.41) is 14.2. The van der Waals surface area contributed by atoms with Crippen LogP contribution in [0.4, 0.5) is 0 Å². The fraction of sp³-hybridized carbons (Fsp3) is 0.250. The van der Waals surface area contributed by atoms with Crippen molar-refractivity contribution in [2.24, 2.45) is 11.1 Å². The highest BCUT2D eigenvalue weighted by Crippen LogP contribution is 2.24. The van der Waals surface area contributed by atoms with Crippen molar-refractivity contribution < 1.29 is 10.0 Å². The number of amides is 1. The predicted molar refractivity (Wildman–Crippen MR) is 42.7 cm³/mol. The van der Waals surface area contributed by atoms with Crippen LogP contribution in [0.15, 0.2) is 29.1 Å². The Morgan fingerprint density at radius 1 is 1.67 bits per heavy atom. The molecular weight excluding hydrogens is 156 g/mol. The summed E-state index contributed by atoms with van der Waals surface area (Å²) in [6.07, 6.45) is 6.38. The largest absolute Gasteiger partial charge is 0.410 e. The number of allylic oxidation sites excluding steroid dienone is 4. The van der Waals surface area contributed by atoms with Gasteiger partial charge >= 0.3 is 0 Å². The second kappa shape index (κ2) is 2.48. The van der Waals surface area contributed by atoms with Gasteiger partial charge in [-0.25, -0.2) is 0 Å². The summed E-state index contributed by atoms with van der Waals surface area (Å²) in [6.45, 7) is 0. The minimum Gasteiger partial charge on any atom is -0.410 e. The third-order valence-electron chi connectivity index (χ3n) is 2.09. The minimum atomic E-state index is -0.294. The summed E-state index contributed by atoms with van der Waals surface area (Å²) in [7, 11) is 0. The molecule has 0 radical (unpaired) electrons. The maximum atomic E-state index is 11.1. The maximum absolute atomic E-state index is 11.1. The third kappa shape index (κ3) is 0.845. The van der Waals surface area contributed by atoms with E-state index in [0.717, 1.165) is 12.1 Å². The molecule has 62 valence electrons. The van der Waals surface area contributed by atoms with E-state index in [4.69, 9.17) is 5.21 Å². The van der Waals surface area contributed by atoms with Crippen LogP contribution in [0.25, 0.3) is 0 Å². The van der Waals surface area contributed by atoms with Crippen molar-refractivity contribution in [3.63, 3.8) is 0 Å². The van der Waals surface area contributed by atoms with Gasteiger partial charge in [-0.3, -0.25) is 4.79 Å². The third-order valence-corrected chi connectivity index (χ3v) is 2.09. The number of carbonyl (C=O) groups is 1. The SMILES string of the molecule is O=C1NC2=CC=CCC2C1=NO. The molecule has 0 aromatic heterocycles. The van der Waals surface area contributed by atoms with Gasteiger partial charge in [-0.1, -0.05) is 17.3 Å². The molecule has 1 aliphatic carbocycles. The molecule has 0 aromatic rings. The highest BCUT2D eigenvalue weighted by Gasteiger charge is 2.34. The second-order valence-corrected chi connectivity index (χ2v) is 2.78. The monoisotopic (exact) mass is 164 g/mol. The van der Waals surface area contributed by atoms with Crippen LogP contribution in [-0.2, 0) is 4.79 Å². The molecule has 0 aromatic carbocycles. The van der Waals surface area contributed by atoms with Gasteiger partial charge in [0.15, 0.2) is 5.71 Å². The first-order valence-corrected chi connectivity index (χ1v) is 3.73. The van der Waals surface area contributed by atoms with E-state index < -0.39 is 0 Å². The average Bonchev–Trinajstić information content (AvgIpc) is 2.40. The van der Waals surface area contributed by atoms with Crippen LogP contribution in [-0.4, -0.2) is 16.8 Å². The number of fused-ring (bicyclic) bond motifs is 1. The zero-order valence-electron chi connectivity index (χ0n) is 6.32. The summed E-state index contributed by atoms with van der Waals surface area (Å²) in [5.41, 5.74) is 1.04. The Morgan fingerprint density at radius 3 is 3.25 bits per heavy atom. The molecule has 1 fully saturated rings. The normalized spacial score (nSPS) is 30.0. The number of nitrogens with one attached hydrogen (secondary N) is 1. The molecule has 2 rings (SSSR count). The molecule has 1 atom stereocenters. The summed E-state index contributed by atoms with van der Waals surface area (Å²) >= 11 is 0. The lowest BCUT2D eigenvalue weighted by Gasteiger charge is -2.09. The van der Waals surface area contributed by atoms with Gasteiger partial charge in [-0.2, -0.15) is 0 Å². The molecule has 1 amide bonds. The molecule has 1 saturated heterocycles. The summed E-state index contributed by atoms with van der Waals surface area (Å²) in [5.74, 6) is -0.357. The lowest BCUT2D eigenvalue weighted by atomic mass is 9.96. The Labute approximate surface area is 69.3 Å².